The minimum absolute atomic E-state index is 0.319. The van der Waals surface area contributed by atoms with Gasteiger partial charge in [-0.3, -0.25) is 0 Å². The van der Waals surface area contributed by atoms with Crippen LogP contribution in [0, 0.1) is 0 Å². The molecule has 0 saturated carbocycles. The van der Waals surface area contributed by atoms with Gasteiger partial charge in [0, 0.05) is 18.7 Å². The first kappa shape index (κ1) is 13.3. The number of amidine groups is 1. The van der Waals surface area contributed by atoms with Crippen LogP contribution in [0.3, 0.4) is 0 Å². The van der Waals surface area contributed by atoms with Crippen LogP contribution in [0.25, 0.3) is 4.91 Å². The first-order valence-corrected chi connectivity index (χ1v) is 7.98. The van der Waals surface area contributed by atoms with Gasteiger partial charge in [0.2, 0.25) is 0 Å². The van der Waals surface area contributed by atoms with Crippen molar-refractivity contribution in [3.8, 4) is 0 Å². The minimum atomic E-state index is -3.60. The number of nitrogens with zero attached hydrogens (tertiary/aromatic N) is 2. The third kappa shape index (κ3) is 2.25. The maximum Gasteiger partial charge on any atom is 0.285 e. The van der Waals surface area contributed by atoms with Gasteiger partial charge >= 0.3 is 0 Å². The summed E-state index contributed by atoms with van der Waals surface area (Å²) in [5.41, 5.74) is 1.41. The highest BCUT2D eigenvalue weighted by Crippen LogP contribution is 2.33. The summed E-state index contributed by atoms with van der Waals surface area (Å²) in [5, 5.41) is 0. The van der Waals surface area contributed by atoms with Crippen molar-refractivity contribution >= 4 is 20.8 Å². The average molecular weight is 292 g/mol. The molecule has 20 heavy (non-hydrogen) atoms. The number of ether oxygens (including phenoxy) is 1. The highest BCUT2D eigenvalue weighted by molar-refractivity contribution is 8.00. The molecule has 0 unspecified atom stereocenters. The fourth-order valence-electron chi connectivity index (χ4n) is 2.55. The van der Waals surface area contributed by atoms with Crippen molar-refractivity contribution in [3.63, 3.8) is 0 Å². The quantitative estimate of drug-likeness (QED) is 0.787. The molecule has 106 valence electrons. The lowest BCUT2D eigenvalue weighted by molar-refractivity contribution is 0.0683. The molecular weight excluding hydrogens is 276 g/mol. The van der Waals surface area contributed by atoms with E-state index in [0.29, 0.717) is 42.6 Å². The summed E-state index contributed by atoms with van der Waals surface area (Å²) in [6.07, 6.45) is 0. The summed E-state index contributed by atoms with van der Waals surface area (Å²) >= 11 is 0. The van der Waals surface area contributed by atoms with E-state index in [1.54, 1.807) is 12.1 Å². The number of hydrogen-bond donors (Lipinski definition) is 0. The van der Waals surface area contributed by atoms with Crippen molar-refractivity contribution < 1.29 is 13.2 Å². The third-order valence-electron chi connectivity index (χ3n) is 3.49. The van der Waals surface area contributed by atoms with E-state index >= 15 is 0 Å². The van der Waals surface area contributed by atoms with E-state index < -0.39 is 10.0 Å². The molecule has 1 aromatic rings. The van der Waals surface area contributed by atoms with Crippen LogP contribution in [0.15, 0.2) is 40.3 Å². The minimum Gasteiger partial charge on any atom is -0.378 e. The first-order chi connectivity index (χ1) is 9.59. The summed E-state index contributed by atoms with van der Waals surface area (Å²) in [4.78, 5) is 2.30. The average Bonchev–Trinajstić information content (AvgIpc) is 2.71. The van der Waals surface area contributed by atoms with E-state index in [2.05, 4.69) is 4.40 Å². The monoisotopic (exact) mass is 292 g/mol. The molecule has 2 heterocycles. The molecule has 0 radical (unpaired) electrons. The number of sulfonamides is 1. The molecule has 0 N–H and O–H groups in total. The Bertz CT molecular complexity index is 672. The van der Waals surface area contributed by atoms with E-state index in [1.807, 2.05) is 30.0 Å². The molecule has 0 bridgehead atoms. The second-order valence-corrected chi connectivity index (χ2v) is 6.35. The highest BCUT2D eigenvalue weighted by atomic mass is 32.2. The van der Waals surface area contributed by atoms with Crippen molar-refractivity contribution in [2.45, 2.75) is 6.92 Å². The van der Waals surface area contributed by atoms with Crippen LogP contribution >= 0.6 is 0 Å². The Hall–Kier alpha value is -1.66. The zero-order valence-electron chi connectivity index (χ0n) is 11.2. The number of rotatable bonds is 1. The molecule has 0 atom stereocenters. The molecule has 0 amide bonds. The molecule has 5 nitrogen and oxygen atoms in total. The molecule has 0 spiro atoms. The summed E-state index contributed by atoms with van der Waals surface area (Å²) < 4.78 is 33.9. The smallest absolute Gasteiger partial charge is 0.285 e. The molecule has 3 rings (SSSR count). The standard InChI is InChI=1S/C14H16N2O3S/c1-11-13(12-5-3-2-4-6-12)20(17,18)15-14(11)16-7-9-19-10-8-16/h2-6H,7-10H2,1H3. The molecular formula is C14H16N2O3S. The van der Waals surface area contributed by atoms with Gasteiger partial charge in [0.25, 0.3) is 10.0 Å². The van der Waals surface area contributed by atoms with Gasteiger partial charge in [-0.1, -0.05) is 30.3 Å². The van der Waals surface area contributed by atoms with Crippen LogP contribution in [0.1, 0.15) is 12.5 Å². The topological polar surface area (TPSA) is 59.0 Å². The van der Waals surface area contributed by atoms with Crippen molar-refractivity contribution in [2.24, 2.45) is 4.40 Å². The van der Waals surface area contributed by atoms with E-state index in [0.717, 1.165) is 5.57 Å². The van der Waals surface area contributed by atoms with Crippen molar-refractivity contribution in [2.75, 3.05) is 26.3 Å². The lowest BCUT2D eigenvalue weighted by atomic mass is 10.1. The maximum atomic E-state index is 12.3. The summed E-state index contributed by atoms with van der Waals surface area (Å²) in [6, 6.07) is 9.13. The lowest BCUT2D eigenvalue weighted by Crippen LogP contribution is -2.40. The Labute approximate surface area is 118 Å². The largest absolute Gasteiger partial charge is 0.378 e. The molecule has 2 aliphatic heterocycles. The van der Waals surface area contributed by atoms with E-state index in [4.69, 9.17) is 4.74 Å². The van der Waals surface area contributed by atoms with Crippen LogP contribution in [0.4, 0.5) is 0 Å². The van der Waals surface area contributed by atoms with Gasteiger partial charge in [-0.15, -0.1) is 4.40 Å². The summed E-state index contributed by atoms with van der Waals surface area (Å²) in [5.74, 6) is 0.562. The van der Waals surface area contributed by atoms with Gasteiger partial charge in [0.05, 0.1) is 13.2 Å². The van der Waals surface area contributed by atoms with Crippen LogP contribution in [0.2, 0.25) is 0 Å². The third-order valence-corrected chi connectivity index (χ3v) is 4.96. The molecule has 0 aromatic heterocycles. The van der Waals surface area contributed by atoms with E-state index in [-0.39, 0.29) is 0 Å². The van der Waals surface area contributed by atoms with Crippen molar-refractivity contribution in [1.82, 2.24) is 4.90 Å². The Balaban J connectivity index is 2.04. The molecule has 1 saturated heterocycles. The van der Waals surface area contributed by atoms with Crippen LogP contribution in [-0.4, -0.2) is 45.5 Å². The molecule has 1 aromatic carbocycles. The van der Waals surface area contributed by atoms with Gasteiger partial charge in [0.1, 0.15) is 10.7 Å². The Morgan fingerprint density at radius 3 is 2.45 bits per heavy atom. The molecule has 2 aliphatic rings. The number of morpholine rings is 1. The second-order valence-electron chi connectivity index (χ2n) is 4.81. The predicted octanol–water partition coefficient (Wildman–Crippen LogP) is 1.49. The second kappa shape index (κ2) is 5.03. The fourth-order valence-corrected chi connectivity index (χ4v) is 4.03. The lowest BCUT2D eigenvalue weighted by Gasteiger charge is -2.28. The van der Waals surface area contributed by atoms with Crippen molar-refractivity contribution in [1.29, 1.82) is 0 Å². The number of benzene rings is 1. The normalized spacial score (nSPS) is 22.1. The Kier molecular flexibility index (Phi) is 3.35. The fraction of sp³-hybridized carbons (Fsp3) is 0.357. The van der Waals surface area contributed by atoms with Gasteiger partial charge in [-0.2, -0.15) is 8.42 Å². The number of hydrogen-bond acceptors (Lipinski definition) is 4. The van der Waals surface area contributed by atoms with Crippen LogP contribution in [-0.2, 0) is 14.8 Å². The zero-order valence-corrected chi connectivity index (χ0v) is 12.1. The first-order valence-electron chi connectivity index (χ1n) is 6.54. The Morgan fingerprint density at radius 2 is 1.80 bits per heavy atom. The predicted molar refractivity (Wildman–Crippen MR) is 77.8 cm³/mol. The van der Waals surface area contributed by atoms with Crippen molar-refractivity contribution in [3.05, 3.63) is 41.5 Å². The molecule has 0 aliphatic carbocycles. The van der Waals surface area contributed by atoms with Crippen LogP contribution < -0.4 is 0 Å². The molecule has 6 heteroatoms. The SMILES string of the molecule is CC1=C(c2ccccc2)S(=O)(=O)N=C1N1CCOCC1. The van der Waals surface area contributed by atoms with Gasteiger partial charge in [-0.05, 0) is 12.5 Å². The van der Waals surface area contributed by atoms with E-state index in [9.17, 15) is 8.42 Å². The zero-order chi connectivity index (χ0) is 14.2. The van der Waals surface area contributed by atoms with Gasteiger partial charge in [0.15, 0.2) is 0 Å². The van der Waals surface area contributed by atoms with E-state index in [1.165, 1.54) is 0 Å². The maximum absolute atomic E-state index is 12.3. The summed E-state index contributed by atoms with van der Waals surface area (Å²) in [6.45, 7) is 4.38. The Morgan fingerprint density at radius 1 is 1.15 bits per heavy atom. The van der Waals surface area contributed by atoms with Gasteiger partial charge in [-0.25, -0.2) is 0 Å². The highest BCUT2D eigenvalue weighted by Gasteiger charge is 2.33. The van der Waals surface area contributed by atoms with Crippen LogP contribution in [0.5, 0.6) is 0 Å². The molecule has 1 fully saturated rings. The summed E-state index contributed by atoms with van der Waals surface area (Å²) in [7, 11) is -3.60. The van der Waals surface area contributed by atoms with Gasteiger partial charge < -0.3 is 9.64 Å².